The number of phenols is 1. The van der Waals surface area contributed by atoms with Crippen molar-refractivity contribution >= 4 is 0 Å². The minimum atomic E-state index is -0.834. The molecule has 0 aromatic heterocycles. The van der Waals surface area contributed by atoms with Crippen molar-refractivity contribution in [3.05, 3.63) is 40.5 Å². The Morgan fingerprint density at radius 3 is 2.71 bits per heavy atom. The first-order chi connectivity index (χ1) is 9.90. The Bertz CT molecular complexity index is 530. The SMILES string of the molecule is CC(C)=CCc1ccc(O)c2c1[C@H](C[C@H](O)[C@H](C)O)OC2. The highest BCUT2D eigenvalue weighted by molar-refractivity contribution is 5.48. The van der Waals surface area contributed by atoms with Crippen LogP contribution < -0.4 is 0 Å². The molecule has 1 aliphatic heterocycles. The Morgan fingerprint density at radius 2 is 2.10 bits per heavy atom. The summed E-state index contributed by atoms with van der Waals surface area (Å²) in [6, 6.07) is 3.61. The molecule has 0 bridgehead atoms. The van der Waals surface area contributed by atoms with Gasteiger partial charge in [-0.25, -0.2) is 0 Å². The van der Waals surface area contributed by atoms with Crippen LogP contribution in [0.25, 0.3) is 0 Å². The molecule has 4 heteroatoms. The number of phenolic OH excluding ortho intramolecular Hbond substituents is 1. The van der Waals surface area contributed by atoms with E-state index >= 15 is 0 Å². The zero-order valence-corrected chi connectivity index (χ0v) is 12.8. The monoisotopic (exact) mass is 292 g/mol. The smallest absolute Gasteiger partial charge is 0.121 e. The molecule has 0 radical (unpaired) electrons. The van der Waals surface area contributed by atoms with E-state index in [9.17, 15) is 15.3 Å². The average molecular weight is 292 g/mol. The zero-order valence-electron chi connectivity index (χ0n) is 12.8. The Morgan fingerprint density at radius 1 is 1.38 bits per heavy atom. The molecule has 0 saturated heterocycles. The highest BCUT2D eigenvalue weighted by atomic mass is 16.5. The van der Waals surface area contributed by atoms with Gasteiger partial charge in [-0.3, -0.25) is 0 Å². The molecule has 21 heavy (non-hydrogen) atoms. The van der Waals surface area contributed by atoms with Gasteiger partial charge in [-0.2, -0.15) is 0 Å². The second-order valence-corrected chi connectivity index (χ2v) is 5.96. The van der Waals surface area contributed by atoms with Crippen molar-refractivity contribution in [3.8, 4) is 5.75 Å². The minimum absolute atomic E-state index is 0.236. The summed E-state index contributed by atoms with van der Waals surface area (Å²) in [5.74, 6) is 0.236. The minimum Gasteiger partial charge on any atom is -0.508 e. The molecule has 1 aromatic carbocycles. The van der Waals surface area contributed by atoms with Gasteiger partial charge in [0.2, 0.25) is 0 Å². The van der Waals surface area contributed by atoms with Crippen LogP contribution in [-0.2, 0) is 17.8 Å². The molecule has 0 amide bonds. The van der Waals surface area contributed by atoms with Crippen LogP contribution in [0.4, 0.5) is 0 Å². The van der Waals surface area contributed by atoms with Gasteiger partial charge in [0.15, 0.2) is 0 Å². The van der Waals surface area contributed by atoms with Gasteiger partial charge in [0.25, 0.3) is 0 Å². The number of aliphatic hydroxyl groups is 2. The number of aromatic hydroxyl groups is 1. The molecule has 0 spiro atoms. The molecule has 1 aromatic rings. The summed E-state index contributed by atoms with van der Waals surface area (Å²) >= 11 is 0. The largest absolute Gasteiger partial charge is 0.508 e. The lowest BCUT2D eigenvalue weighted by atomic mass is 9.92. The summed E-state index contributed by atoms with van der Waals surface area (Å²) in [5.41, 5.74) is 4.10. The summed E-state index contributed by atoms with van der Waals surface area (Å²) in [7, 11) is 0. The van der Waals surface area contributed by atoms with Crippen LogP contribution in [0.2, 0.25) is 0 Å². The molecule has 0 fully saturated rings. The first-order valence-electron chi connectivity index (χ1n) is 7.34. The van der Waals surface area contributed by atoms with Gasteiger partial charge in [-0.1, -0.05) is 17.7 Å². The molecule has 0 unspecified atom stereocenters. The van der Waals surface area contributed by atoms with E-state index in [1.54, 1.807) is 13.0 Å². The van der Waals surface area contributed by atoms with Crippen LogP contribution in [-0.4, -0.2) is 27.5 Å². The fourth-order valence-corrected chi connectivity index (χ4v) is 2.62. The lowest BCUT2D eigenvalue weighted by Gasteiger charge is -2.20. The van der Waals surface area contributed by atoms with Crippen LogP contribution in [0, 0.1) is 0 Å². The number of aliphatic hydroxyl groups excluding tert-OH is 2. The number of ether oxygens (including phenoxy) is 1. The number of rotatable bonds is 5. The van der Waals surface area contributed by atoms with E-state index in [2.05, 4.69) is 6.08 Å². The van der Waals surface area contributed by atoms with Gasteiger partial charge in [0, 0.05) is 12.0 Å². The van der Waals surface area contributed by atoms with E-state index in [-0.39, 0.29) is 11.9 Å². The summed E-state index contributed by atoms with van der Waals surface area (Å²) in [4.78, 5) is 0. The van der Waals surface area contributed by atoms with Gasteiger partial charge < -0.3 is 20.1 Å². The highest BCUT2D eigenvalue weighted by Gasteiger charge is 2.31. The van der Waals surface area contributed by atoms with Gasteiger partial charge in [0.05, 0.1) is 24.9 Å². The topological polar surface area (TPSA) is 69.9 Å². The first kappa shape index (κ1) is 16.0. The number of hydrogen-bond acceptors (Lipinski definition) is 4. The van der Waals surface area contributed by atoms with E-state index in [1.807, 2.05) is 19.9 Å². The third-order valence-electron chi connectivity index (χ3n) is 3.92. The molecule has 3 atom stereocenters. The zero-order chi connectivity index (χ0) is 15.6. The van der Waals surface area contributed by atoms with Crippen LogP contribution in [0.5, 0.6) is 5.75 Å². The standard InChI is InChI=1S/C17H24O4/c1-10(2)4-5-12-6-7-14(19)13-9-21-16(17(12)13)8-15(20)11(3)18/h4,6-7,11,15-16,18-20H,5,8-9H2,1-3H3/t11-,15-,16-/m0/s1. The van der Waals surface area contributed by atoms with Crippen molar-refractivity contribution in [1.82, 2.24) is 0 Å². The summed E-state index contributed by atoms with van der Waals surface area (Å²) < 4.78 is 5.72. The number of benzene rings is 1. The van der Waals surface area contributed by atoms with Crippen molar-refractivity contribution in [3.63, 3.8) is 0 Å². The Kier molecular flexibility index (Phi) is 5.04. The molecule has 2 rings (SSSR count). The van der Waals surface area contributed by atoms with Gasteiger partial charge in [-0.05, 0) is 44.4 Å². The lowest BCUT2D eigenvalue weighted by molar-refractivity contribution is -0.0242. The van der Waals surface area contributed by atoms with E-state index in [0.717, 1.165) is 23.1 Å². The average Bonchev–Trinajstić information content (AvgIpc) is 2.83. The van der Waals surface area contributed by atoms with Crippen LogP contribution in [0.3, 0.4) is 0 Å². The molecule has 1 aliphatic rings. The van der Waals surface area contributed by atoms with E-state index < -0.39 is 12.2 Å². The summed E-state index contributed by atoms with van der Waals surface area (Å²) in [6.45, 7) is 6.01. The fraction of sp³-hybridized carbons (Fsp3) is 0.529. The fourth-order valence-electron chi connectivity index (χ4n) is 2.62. The summed E-state index contributed by atoms with van der Waals surface area (Å²) in [6.07, 6.45) is 1.33. The molecule has 3 N–H and O–H groups in total. The molecular weight excluding hydrogens is 268 g/mol. The molecule has 1 heterocycles. The summed E-state index contributed by atoms with van der Waals surface area (Å²) in [5, 5.41) is 29.3. The highest BCUT2D eigenvalue weighted by Crippen LogP contribution is 2.41. The second kappa shape index (κ2) is 6.60. The first-order valence-corrected chi connectivity index (χ1v) is 7.34. The van der Waals surface area contributed by atoms with Crippen LogP contribution in [0.15, 0.2) is 23.8 Å². The maximum atomic E-state index is 9.99. The normalized spacial score (nSPS) is 20.0. The number of hydrogen-bond donors (Lipinski definition) is 3. The van der Waals surface area contributed by atoms with Gasteiger partial charge in [-0.15, -0.1) is 0 Å². The van der Waals surface area contributed by atoms with Crippen LogP contribution in [0.1, 0.15) is 50.0 Å². The third kappa shape index (κ3) is 3.64. The van der Waals surface area contributed by atoms with Crippen molar-refractivity contribution in [2.45, 2.75) is 58.5 Å². The second-order valence-electron chi connectivity index (χ2n) is 5.96. The predicted octanol–water partition coefficient (Wildman–Crippen LogP) is 2.60. The van der Waals surface area contributed by atoms with E-state index in [4.69, 9.17) is 4.74 Å². The van der Waals surface area contributed by atoms with Crippen molar-refractivity contribution in [2.75, 3.05) is 0 Å². The van der Waals surface area contributed by atoms with E-state index in [1.165, 1.54) is 5.57 Å². The Hall–Kier alpha value is -1.36. The molecule has 116 valence electrons. The van der Waals surface area contributed by atoms with Crippen molar-refractivity contribution < 1.29 is 20.1 Å². The quantitative estimate of drug-likeness (QED) is 0.730. The molecule has 0 aliphatic carbocycles. The molecular formula is C17H24O4. The maximum Gasteiger partial charge on any atom is 0.121 e. The molecule has 0 saturated carbocycles. The van der Waals surface area contributed by atoms with Gasteiger partial charge >= 0.3 is 0 Å². The van der Waals surface area contributed by atoms with Crippen molar-refractivity contribution in [2.24, 2.45) is 0 Å². The Labute approximate surface area is 125 Å². The van der Waals surface area contributed by atoms with Gasteiger partial charge in [0.1, 0.15) is 5.75 Å². The number of fused-ring (bicyclic) bond motifs is 1. The third-order valence-corrected chi connectivity index (χ3v) is 3.92. The van der Waals surface area contributed by atoms with Crippen molar-refractivity contribution in [1.29, 1.82) is 0 Å². The number of allylic oxidation sites excluding steroid dienone is 2. The Balaban J connectivity index is 2.30. The predicted molar refractivity (Wildman–Crippen MR) is 81.1 cm³/mol. The lowest BCUT2D eigenvalue weighted by Crippen LogP contribution is -2.25. The van der Waals surface area contributed by atoms with E-state index in [0.29, 0.717) is 13.0 Å². The van der Waals surface area contributed by atoms with Crippen LogP contribution >= 0.6 is 0 Å². The maximum absolute atomic E-state index is 9.99. The molecule has 4 nitrogen and oxygen atoms in total.